The van der Waals surface area contributed by atoms with E-state index in [0.717, 1.165) is 11.8 Å². The molecular weight excluding hydrogens is 192 g/mol. The van der Waals surface area contributed by atoms with Crippen LogP contribution in [0, 0.1) is 0 Å². The highest BCUT2D eigenvalue weighted by Crippen LogP contribution is 2.19. The molecular formula is C11H24N2S. The highest BCUT2D eigenvalue weighted by atomic mass is 32.2. The number of hydrogen-bond acceptors (Lipinski definition) is 3. The predicted octanol–water partition coefficient (Wildman–Crippen LogP) is 1.94. The Labute approximate surface area is 92.6 Å². The summed E-state index contributed by atoms with van der Waals surface area (Å²) in [5.74, 6) is 2.38. The number of piperidine rings is 1. The van der Waals surface area contributed by atoms with E-state index >= 15 is 0 Å². The smallest absolute Gasteiger partial charge is 0.0101 e. The van der Waals surface area contributed by atoms with E-state index in [9.17, 15) is 0 Å². The van der Waals surface area contributed by atoms with Gasteiger partial charge in [0.25, 0.3) is 0 Å². The van der Waals surface area contributed by atoms with Crippen molar-refractivity contribution in [2.75, 3.05) is 25.1 Å². The van der Waals surface area contributed by atoms with E-state index in [0.29, 0.717) is 6.04 Å². The van der Waals surface area contributed by atoms with E-state index in [-0.39, 0.29) is 0 Å². The Morgan fingerprint density at radius 1 is 1.50 bits per heavy atom. The van der Waals surface area contributed by atoms with Crippen LogP contribution >= 0.6 is 11.8 Å². The average Bonchev–Trinajstić information content (AvgIpc) is 2.15. The van der Waals surface area contributed by atoms with Crippen molar-refractivity contribution in [1.82, 2.24) is 4.90 Å². The van der Waals surface area contributed by atoms with E-state index in [2.05, 4.69) is 18.9 Å². The fourth-order valence-electron chi connectivity index (χ4n) is 2.00. The van der Waals surface area contributed by atoms with Gasteiger partial charge in [-0.1, -0.05) is 6.42 Å². The van der Waals surface area contributed by atoms with Crippen LogP contribution in [0.4, 0.5) is 0 Å². The molecule has 1 heterocycles. The maximum Gasteiger partial charge on any atom is 0.0101 e. The van der Waals surface area contributed by atoms with Gasteiger partial charge in [0.1, 0.15) is 0 Å². The molecule has 2 atom stereocenters. The molecule has 2 unspecified atom stereocenters. The van der Waals surface area contributed by atoms with Crippen LogP contribution in [0.15, 0.2) is 0 Å². The van der Waals surface area contributed by atoms with Crippen molar-refractivity contribution in [2.24, 2.45) is 5.73 Å². The quantitative estimate of drug-likeness (QED) is 0.712. The normalized spacial score (nSPS) is 26.4. The van der Waals surface area contributed by atoms with E-state index in [4.69, 9.17) is 5.73 Å². The van der Waals surface area contributed by atoms with Crippen molar-refractivity contribution in [1.29, 1.82) is 0 Å². The van der Waals surface area contributed by atoms with Gasteiger partial charge in [0.2, 0.25) is 0 Å². The van der Waals surface area contributed by atoms with Gasteiger partial charge in [0, 0.05) is 17.8 Å². The maximum atomic E-state index is 5.71. The van der Waals surface area contributed by atoms with Gasteiger partial charge in [0.05, 0.1) is 0 Å². The zero-order valence-corrected chi connectivity index (χ0v) is 10.4. The Morgan fingerprint density at radius 2 is 2.29 bits per heavy atom. The molecule has 1 aliphatic rings. The van der Waals surface area contributed by atoms with Crippen LogP contribution in [0.1, 0.15) is 32.6 Å². The van der Waals surface area contributed by atoms with E-state index in [1.165, 1.54) is 38.0 Å². The summed E-state index contributed by atoms with van der Waals surface area (Å²) < 4.78 is 0. The van der Waals surface area contributed by atoms with E-state index in [1.54, 1.807) is 0 Å². The Morgan fingerprint density at radius 3 is 2.93 bits per heavy atom. The van der Waals surface area contributed by atoms with Gasteiger partial charge < -0.3 is 10.6 Å². The SMILES string of the molecule is CC(N)CSCCC1CCCCN1C. The second kappa shape index (κ2) is 6.70. The molecule has 0 saturated carbocycles. The first kappa shape index (κ1) is 12.3. The fraction of sp³-hybridized carbons (Fsp3) is 1.00. The van der Waals surface area contributed by atoms with Gasteiger partial charge in [-0.05, 0) is 45.5 Å². The second-order valence-corrected chi connectivity index (χ2v) is 5.62. The molecule has 84 valence electrons. The molecule has 1 rings (SSSR count). The lowest BCUT2D eigenvalue weighted by Crippen LogP contribution is -2.36. The molecule has 0 aromatic rings. The predicted molar refractivity (Wildman–Crippen MR) is 65.9 cm³/mol. The molecule has 0 spiro atoms. The molecule has 2 N–H and O–H groups in total. The summed E-state index contributed by atoms with van der Waals surface area (Å²) in [7, 11) is 2.26. The van der Waals surface area contributed by atoms with Gasteiger partial charge in [0.15, 0.2) is 0 Å². The Kier molecular flexibility index (Phi) is 5.90. The summed E-state index contributed by atoms with van der Waals surface area (Å²) in [6.45, 7) is 3.38. The lowest BCUT2D eigenvalue weighted by Gasteiger charge is -2.32. The molecule has 0 bridgehead atoms. The molecule has 1 aliphatic heterocycles. The molecule has 3 heteroatoms. The zero-order valence-electron chi connectivity index (χ0n) is 9.54. The topological polar surface area (TPSA) is 29.3 Å². The minimum atomic E-state index is 0.351. The second-order valence-electron chi connectivity index (χ2n) is 4.47. The molecule has 0 amide bonds. The number of likely N-dealkylation sites (tertiary alicyclic amines) is 1. The Bertz CT molecular complexity index is 150. The number of thioether (sulfide) groups is 1. The summed E-state index contributed by atoms with van der Waals surface area (Å²) in [5, 5.41) is 0. The van der Waals surface area contributed by atoms with E-state index < -0.39 is 0 Å². The van der Waals surface area contributed by atoms with Crippen molar-refractivity contribution in [2.45, 2.75) is 44.7 Å². The van der Waals surface area contributed by atoms with Gasteiger partial charge >= 0.3 is 0 Å². The van der Waals surface area contributed by atoms with Crippen molar-refractivity contribution in [3.8, 4) is 0 Å². The largest absolute Gasteiger partial charge is 0.327 e. The average molecular weight is 216 g/mol. The minimum absolute atomic E-state index is 0.351. The van der Waals surface area contributed by atoms with Crippen molar-refractivity contribution in [3.63, 3.8) is 0 Å². The summed E-state index contributed by atoms with van der Waals surface area (Å²) in [6, 6.07) is 1.19. The molecule has 0 aromatic heterocycles. The van der Waals surface area contributed by atoms with Gasteiger partial charge in [-0.3, -0.25) is 0 Å². The molecule has 14 heavy (non-hydrogen) atoms. The van der Waals surface area contributed by atoms with Crippen molar-refractivity contribution >= 4 is 11.8 Å². The van der Waals surface area contributed by atoms with Crippen LogP contribution in [-0.4, -0.2) is 42.1 Å². The van der Waals surface area contributed by atoms with Crippen LogP contribution in [0.3, 0.4) is 0 Å². The maximum absolute atomic E-state index is 5.71. The first-order valence-corrected chi connectivity index (χ1v) is 6.89. The van der Waals surface area contributed by atoms with Crippen LogP contribution in [0.5, 0.6) is 0 Å². The lowest BCUT2D eigenvalue weighted by atomic mass is 10.0. The third kappa shape index (κ3) is 4.67. The number of nitrogens with two attached hydrogens (primary N) is 1. The molecule has 0 aromatic carbocycles. The third-order valence-corrected chi connectivity index (χ3v) is 4.18. The number of nitrogens with zero attached hydrogens (tertiary/aromatic N) is 1. The first-order valence-electron chi connectivity index (χ1n) is 5.73. The monoisotopic (exact) mass is 216 g/mol. The minimum Gasteiger partial charge on any atom is -0.327 e. The highest BCUT2D eigenvalue weighted by molar-refractivity contribution is 7.99. The number of rotatable bonds is 5. The Hall–Kier alpha value is 0.270. The van der Waals surface area contributed by atoms with Gasteiger partial charge in [-0.15, -0.1) is 0 Å². The lowest BCUT2D eigenvalue weighted by molar-refractivity contribution is 0.182. The molecule has 1 fully saturated rings. The highest BCUT2D eigenvalue weighted by Gasteiger charge is 2.17. The van der Waals surface area contributed by atoms with Crippen LogP contribution in [0.25, 0.3) is 0 Å². The zero-order chi connectivity index (χ0) is 10.4. The summed E-state index contributed by atoms with van der Waals surface area (Å²) in [4.78, 5) is 2.52. The Balaban J connectivity index is 2.04. The van der Waals surface area contributed by atoms with Crippen LogP contribution in [0.2, 0.25) is 0 Å². The summed E-state index contributed by atoms with van der Waals surface area (Å²) in [5.41, 5.74) is 5.71. The van der Waals surface area contributed by atoms with Crippen molar-refractivity contribution < 1.29 is 0 Å². The van der Waals surface area contributed by atoms with Gasteiger partial charge in [-0.25, -0.2) is 0 Å². The molecule has 0 aliphatic carbocycles. The molecule has 1 saturated heterocycles. The van der Waals surface area contributed by atoms with Crippen LogP contribution < -0.4 is 5.73 Å². The first-order chi connectivity index (χ1) is 6.70. The summed E-state index contributed by atoms with van der Waals surface area (Å²) in [6.07, 6.45) is 5.55. The standard InChI is InChI=1S/C11H24N2S/c1-10(12)9-14-8-6-11-5-3-4-7-13(11)2/h10-11H,3-9,12H2,1-2H3. The van der Waals surface area contributed by atoms with Gasteiger partial charge in [-0.2, -0.15) is 11.8 Å². The summed E-state index contributed by atoms with van der Waals surface area (Å²) >= 11 is 2.01. The van der Waals surface area contributed by atoms with Crippen LogP contribution in [-0.2, 0) is 0 Å². The number of hydrogen-bond donors (Lipinski definition) is 1. The third-order valence-electron chi connectivity index (χ3n) is 2.90. The van der Waals surface area contributed by atoms with E-state index in [1.807, 2.05) is 11.8 Å². The van der Waals surface area contributed by atoms with Crippen molar-refractivity contribution in [3.05, 3.63) is 0 Å². The molecule has 0 radical (unpaired) electrons. The molecule has 2 nitrogen and oxygen atoms in total. The fourth-order valence-corrected chi connectivity index (χ4v) is 2.97.